The fourth-order valence-electron chi connectivity index (χ4n) is 5.39. The van der Waals surface area contributed by atoms with Crippen LogP contribution >= 0.6 is 0 Å². The van der Waals surface area contributed by atoms with Gasteiger partial charge in [-0.3, -0.25) is 14.5 Å². The third-order valence-electron chi connectivity index (χ3n) is 7.31. The minimum absolute atomic E-state index is 0.211. The average Bonchev–Trinajstić information content (AvgIpc) is 3.54. The minimum Gasteiger partial charge on any atom is -0.444 e. The van der Waals surface area contributed by atoms with E-state index in [1.165, 1.54) is 4.90 Å². The van der Waals surface area contributed by atoms with Gasteiger partial charge in [0.1, 0.15) is 35.6 Å². The van der Waals surface area contributed by atoms with E-state index in [4.69, 9.17) is 19.4 Å². The number of ether oxygens (including phenoxy) is 2. The second kappa shape index (κ2) is 13.1. The van der Waals surface area contributed by atoms with Gasteiger partial charge < -0.3 is 29.8 Å². The van der Waals surface area contributed by atoms with Gasteiger partial charge in [0, 0.05) is 18.5 Å². The Hall–Kier alpha value is -3.77. The average molecular weight is 611 g/mol. The number of para-hydroxylation sites is 1. The molecule has 0 radical (unpaired) electrons. The Labute approximate surface area is 258 Å². The van der Waals surface area contributed by atoms with Crippen LogP contribution in [0.1, 0.15) is 74.1 Å². The first-order valence-corrected chi connectivity index (χ1v) is 15.3. The summed E-state index contributed by atoms with van der Waals surface area (Å²) in [6.07, 6.45) is 0.589. The highest BCUT2D eigenvalue weighted by atomic mass is 16.6. The van der Waals surface area contributed by atoms with Gasteiger partial charge in [0.05, 0.1) is 23.2 Å². The van der Waals surface area contributed by atoms with Gasteiger partial charge in [-0.15, -0.1) is 0 Å². The molecule has 0 saturated carbocycles. The third-order valence-corrected chi connectivity index (χ3v) is 7.31. The summed E-state index contributed by atoms with van der Waals surface area (Å²) in [6, 6.07) is 5.90. The predicted molar refractivity (Wildman–Crippen MR) is 168 cm³/mol. The third kappa shape index (κ3) is 7.65. The Bertz CT molecular complexity index is 1520. The summed E-state index contributed by atoms with van der Waals surface area (Å²) in [5.74, 6) is -0.302. The topological polar surface area (TPSA) is 148 Å². The van der Waals surface area contributed by atoms with Gasteiger partial charge in [-0.2, -0.15) is 0 Å². The van der Waals surface area contributed by atoms with Gasteiger partial charge >= 0.3 is 6.09 Å². The lowest BCUT2D eigenvalue weighted by Gasteiger charge is -2.29. The molecule has 44 heavy (non-hydrogen) atoms. The number of carbonyl (C=O) groups is 3. The normalized spacial score (nSPS) is 16.5. The zero-order valence-electron chi connectivity index (χ0n) is 27.1. The van der Waals surface area contributed by atoms with Crippen LogP contribution in [0.25, 0.3) is 21.9 Å². The van der Waals surface area contributed by atoms with E-state index in [0.717, 1.165) is 5.39 Å². The number of anilines is 1. The van der Waals surface area contributed by atoms with Crippen molar-refractivity contribution in [2.24, 2.45) is 5.92 Å². The molecule has 0 bridgehead atoms. The number of hydrogen-bond donors (Lipinski definition) is 3. The number of imidazole rings is 1. The molecular formula is C32H46N6O6. The van der Waals surface area contributed by atoms with Crippen molar-refractivity contribution >= 4 is 45.7 Å². The highest BCUT2D eigenvalue weighted by Crippen LogP contribution is 2.32. The van der Waals surface area contributed by atoms with Crippen molar-refractivity contribution in [2.45, 2.75) is 105 Å². The quantitative estimate of drug-likeness (QED) is 0.307. The largest absolute Gasteiger partial charge is 0.444 e. The Morgan fingerprint density at radius 3 is 2.45 bits per heavy atom. The number of aromatic nitrogens is 3. The number of likely N-dealkylation sites (tertiary alicyclic amines) is 1. The van der Waals surface area contributed by atoms with E-state index in [1.807, 2.05) is 49.6 Å². The molecule has 4 rings (SSSR count). The lowest BCUT2D eigenvalue weighted by Crippen LogP contribution is -2.54. The number of amides is 3. The number of rotatable bonds is 10. The monoisotopic (exact) mass is 610 g/mol. The first-order valence-electron chi connectivity index (χ1n) is 15.3. The van der Waals surface area contributed by atoms with Crippen LogP contribution in [0.15, 0.2) is 24.3 Å². The molecule has 1 fully saturated rings. The maximum Gasteiger partial charge on any atom is 0.410 e. The van der Waals surface area contributed by atoms with Crippen molar-refractivity contribution in [3.63, 3.8) is 0 Å². The van der Waals surface area contributed by atoms with Crippen LogP contribution in [0, 0.1) is 5.92 Å². The summed E-state index contributed by atoms with van der Waals surface area (Å²) in [6.45, 7) is 15.7. The summed E-state index contributed by atoms with van der Waals surface area (Å²) in [4.78, 5) is 51.1. The van der Waals surface area contributed by atoms with Gasteiger partial charge in [-0.1, -0.05) is 32.0 Å². The zero-order valence-corrected chi connectivity index (χ0v) is 27.1. The molecule has 0 aliphatic carbocycles. The SMILES string of the molecule is CCOCc1nc2c(NC(=O)[C@@H](NC(=O)[C@@H]3CCCN3C(=O)OC(C)(C)C)C(C)C)nc3ccccc3c2n1CC(C)(C)O. The Kier molecular flexibility index (Phi) is 9.84. The highest BCUT2D eigenvalue weighted by molar-refractivity contribution is 6.10. The molecular weight excluding hydrogens is 564 g/mol. The number of carbonyl (C=O) groups excluding carboxylic acids is 3. The van der Waals surface area contributed by atoms with Gasteiger partial charge in [0.2, 0.25) is 11.8 Å². The molecule has 2 atom stereocenters. The summed E-state index contributed by atoms with van der Waals surface area (Å²) >= 11 is 0. The summed E-state index contributed by atoms with van der Waals surface area (Å²) in [5, 5.41) is 17.4. The van der Waals surface area contributed by atoms with E-state index in [0.29, 0.717) is 48.4 Å². The van der Waals surface area contributed by atoms with Crippen LogP contribution in [-0.4, -0.2) is 78.9 Å². The number of hydrogen-bond acceptors (Lipinski definition) is 8. The molecule has 12 heteroatoms. The summed E-state index contributed by atoms with van der Waals surface area (Å²) in [5.41, 5.74) is 0.0626. The number of nitrogens with zero attached hydrogens (tertiary/aromatic N) is 4. The Morgan fingerprint density at radius 1 is 1.11 bits per heavy atom. The molecule has 3 N–H and O–H groups in total. The number of pyridine rings is 1. The van der Waals surface area contributed by atoms with Crippen molar-refractivity contribution in [1.29, 1.82) is 0 Å². The second-order valence-corrected chi connectivity index (χ2v) is 13.3. The molecule has 12 nitrogen and oxygen atoms in total. The lowest BCUT2D eigenvalue weighted by molar-refractivity contribution is -0.130. The molecule has 3 aromatic rings. The predicted octanol–water partition coefficient (Wildman–Crippen LogP) is 4.37. The highest BCUT2D eigenvalue weighted by Gasteiger charge is 2.38. The Balaban J connectivity index is 1.67. The van der Waals surface area contributed by atoms with Gasteiger partial charge in [-0.25, -0.2) is 14.8 Å². The molecule has 240 valence electrons. The number of nitrogens with one attached hydrogen (secondary N) is 2. The maximum absolute atomic E-state index is 13.8. The molecule has 0 spiro atoms. The minimum atomic E-state index is -1.05. The first-order chi connectivity index (χ1) is 20.6. The van der Waals surface area contributed by atoms with E-state index >= 15 is 0 Å². The van der Waals surface area contributed by atoms with Crippen molar-refractivity contribution in [2.75, 3.05) is 18.5 Å². The standard InChI is InChI=1S/C32H46N6O6/c1-9-43-17-23-34-25-26(38(23)18-32(7,8)42)20-13-10-11-14-21(20)33-27(25)36-29(40)24(19(2)3)35-28(39)22-15-12-16-37(22)30(41)44-31(4,5)6/h10-11,13-14,19,22,24,42H,9,12,15-18H2,1-8H3,(H,35,39)(H,33,36,40)/t22-,24-/m0/s1. The molecule has 0 unspecified atom stereocenters. The number of benzene rings is 1. The molecule has 1 aliphatic rings. The van der Waals surface area contributed by atoms with Crippen LogP contribution in [0.3, 0.4) is 0 Å². The van der Waals surface area contributed by atoms with Crippen molar-refractivity contribution < 1.29 is 29.0 Å². The molecule has 3 heterocycles. The summed E-state index contributed by atoms with van der Waals surface area (Å²) < 4.78 is 13.1. The van der Waals surface area contributed by atoms with E-state index in [9.17, 15) is 19.5 Å². The van der Waals surface area contributed by atoms with Gasteiger partial charge in [0.15, 0.2) is 5.82 Å². The van der Waals surface area contributed by atoms with Crippen LogP contribution in [-0.2, 0) is 32.2 Å². The van der Waals surface area contributed by atoms with Gasteiger partial charge in [-0.05, 0) is 66.4 Å². The number of fused-ring (bicyclic) bond motifs is 3. The zero-order chi connectivity index (χ0) is 32.4. The molecule has 3 amide bonds. The van der Waals surface area contributed by atoms with Crippen LogP contribution in [0.4, 0.5) is 10.6 Å². The fourth-order valence-corrected chi connectivity index (χ4v) is 5.39. The maximum atomic E-state index is 13.8. The van der Waals surface area contributed by atoms with E-state index in [1.54, 1.807) is 34.6 Å². The Morgan fingerprint density at radius 2 is 1.82 bits per heavy atom. The second-order valence-electron chi connectivity index (χ2n) is 13.3. The van der Waals surface area contributed by atoms with Crippen LogP contribution in [0.2, 0.25) is 0 Å². The molecule has 2 aromatic heterocycles. The number of aliphatic hydroxyl groups is 1. The van der Waals surface area contributed by atoms with Crippen molar-refractivity contribution in [1.82, 2.24) is 24.8 Å². The summed E-state index contributed by atoms with van der Waals surface area (Å²) in [7, 11) is 0. The van der Waals surface area contributed by atoms with Crippen molar-refractivity contribution in [3.8, 4) is 0 Å². The van der Waals surface area contributed by atoms with E-state index < -0.39 is 41.2 Å². The van der Waals surface area contributed by atoms with E-state index in [-0.39, 0.29) is 24.9 Å². The smallest absolute Gasteiger partial charge is 0.410 e. The first kappa shape index (κ1) is 33.1. The molecule has 1 aromatic carbocycles. The fraction of sp³-hybridized carbons (Fsp3) is 0.594. The van der Waals surface area contributed by atoms with Crippen LogP contribution in [0.5, 0.6) is 0 Å². The lowest BCUT2D eigenvalue weighted by atomic mass is 10.0. The van der Waals surface area contributed by atoms with E-state index in [2.05, 4.69) is 10.6 Å². The van der Waals surface area contributed by atoms with Crippen LogP contribution < -0.4 is 10.6 Å². The molecule has 1 saturated heterocycles. The van der Waals surface area contributed by atoms with Crippen molar-refractivity contribution in [3.05, 3.63) is 30.1 Å². The molecule has 1 aliphatic heterocycles. The van der Waals surface area contributed by atoms with Gasteiger partial charge in [0.25, 0.3) is 0 Å².